The van der Waals surface area contributed by atoms with E-state index in [9.17, 15) is 0 Å². The molecule has 0 bridgehead atoms. The van der Waals surface area contributed by atoms with Gasteiger partial charge in [-0.2, -0.15) is 12.6 Å². The van der Waals surface area contributed by atoms with Crippen molar-refractivity contribution in [3.05, 3.63) is 35.3 Å². The number of ether oxygens (including phenoxy) is 1. The fourth-order valence-electron chi connectivity index (χ4n) is 1.27. The van der Waals surface area contributed by atoms with Gasteiger partial charge in [0.2, 0.25) is 0 Å². The number of thiol groups is 1. The number of thiazole rings is 1. The van der Waals surface area contributed by atoms with Gasteiger partial charge >= 0.3 is 0 Å². The molecule has 0 saturated heterocycles. The molecule has 1 aromatic carbocycles. The van der Waals surface area contributed by atoms with E-state index in [-0.39, 0.29) is 0 Å². The van der Waals surface area contributed by atoms with Crippen molar-refractivity contribution in [2.45, 2.75) is 5.75 Å². The summed E-state index contributed by atoms with van der Waals surface area (Å²) in [5.74, 6) is 1.59. The van der Waals surface area contributed by atoms with Gasteiger partial charge in [-0.15, -0.1) is 11.3 Å². The summed E-state index contributed by atoms with van der Waals surface area (Å²) in [6, 6.07) is 7.91. The van der Waals surface area contributed by atoms with Crippen molar-refractivity contribution >= 4 is 24.0 Å². The first kappa shape index (κ1) is 10.5. The van der Waals surface area contributed by atoms with E-state index in [1.807, 2.05) is 30.5 Å². The first-order valence-electron chi connectivity index (χ1n) is 4.53. The van der Waals surface area contributed by atoms with E-state index in [0.717, 1.165) is 22.1 Å². The molecule has 0 saturated carbocycles. The molecule has 1 heterocycles. The molecular formula is C11H11NOS2. The first-order valence-corrected chi connectivity index (χ1v) is 5.98. The summed E-state index contributed by atoms with van der Waals surface area (Å²) >= 11 is 5.88. The SMILES string of the molecule is COc1cccc(-c2ncc(CS)s2)c1. The number of rotatable bonds is 3. The number of nitrogens with zero attached hydrogens (tertiary/aromatic N) is 1. The highest BCUT2D eigenvalue weighted by Crippen LogP contribution is 2.28. The van der Waals surface area contributed by atoms with Gasteiger partial charge in [0.25, 0.3) is 0 Å². The van der Waals surface area contributed by atoms with Crippen LogP contribution in [0.15, 0.2) is 30.5 Å². The molecule has 0 unspecified atom stereocenters. The molecule has 0 atom stereocenters. The summed E-state index contributed by atoms with van der Waals surface area (Å²) in [4.78, 5) is 5.52. The van der Waals surface area contributed by atoms with Crippen molar-refractivity contribution in [3.63, 3.8) is 0 Å². The molecule has 2 nitrogen and oxygen atoms in total. The standard InChI is InChI=1S/C11H11NOS2/c1-13-9-4-2-3-8(5-9)11-12-6-10(7-14)15-11/h2-6,14H,7H2,1H3. The summed E-state index contributed by atoms with van der Waals surface area (Å²) in [6.45, 7) is 0. The fraction of sp³-hybridized carbons (Fsp3) is 0.182. The van der Waals surface area contributed by atoms with Crippen molar-refractivity contribution in [1.82, 2.24) is 4.98 Å². The second kappa shape index (κ2) is 4.68. The van der Waals surface area contributed by atoms with Gasteiger partial charge < -0.3 is 4.74 Å². The summed E-state index contributed by atoms with van der Waals surface area (Å²) in [7, 11) is 1.67. The van der Waals surface area contributed by atoms with Crippen molar-refractivity contribution < 1.29 is 4.74 Å². The van der Waals surface area contributed by atoms with Gasteiger partial charge in [-0.1, -0.05) is 12.1 Å². The van der Waals surface area contributed by atoms with Crippen LogP contribution in [0.1, 0.15) is 4.88 Å². The van der Waals surface area contributed by atoms with Crippen molar-refractivity contribution in [1.29, 1.82) is 0 Å². The highest BCUT2D eigenvalue weighted by atomic mass is 32.1. The Morgan fingerprint density at radius 1 is 1.47 bits per heavy atom. The van der Waals surface area contributed by atoms with E-state index >= 15 is 0 Å². The van der Waals surface area contributed by atoms with Crippen LogP contribution < -0.4 is 4.74 Å². The summed E-state index contributed by atoms with van der Waals surface area (Å²) in [6.07, 6.45) is 1.87. The Bertz CT molecular complexity index is 453. The fourth-order valence-corrected chi connectivity index (χ4v) is 2.31. The number of benzene rings is 1. The van der Waals surface area contributed by atoms with Gasteiger partial charge in [0.15, 0.2) is 0 Å². The molecule has 15 heavy (non-hydrogen) atoms. The molecule has 2 rings (SSSR count). The monoisotopic (exact) mass is 237 g/mol. The van der Waals surface area contributed by atoms with Crippen LogP contribution >= 0.6 is 24.0 Å². The van der Waals surface area contributed by atoms with E-state index in [1.165, 1.54) is 4.88 Å². The highest BCUT2D eigenvalue weighted by Gasteiger charge is 2.04. The third-order valence-electron chi connectivity index (χ3n) is 2.03. The number of aromatic nitrogens is 1. The minimum absolute atomic E-state index is 0.738. The Morgan fingerprint density at radius 2 is 2.33 bits per heavy atom. The van der Waals surface area contributed by atoms with Gasteiger partial charge in [-0.3, -0.25) is 0 Å². The van der Waals surface area contributed by atoms with Gasteiger partial charge in [0, 0.05) is 22.4 Å². The summed E-state index contributed by atoms with van der Waals surface area (Å²) < 4.78 is 5.17. The van der Waals surface area contributed by atoms with Crippen LogP contribution in [-0.4, -0.2) is 12.1 Å². The topological polar surface area (TPSA) is 22.1 Å². The number of methoxy groups -OCH3 is 1. The maximum Gasteiger partial charge on any atom is 0.123 e. The maximum atomic E-state index is 5.17. The zero-order valence-corrected chi connectivity index (χ0v) is 10.0. The zero-order valence-electron chi connectivity index (χ0n) is 8.30. The van der Waals surface area contributed by atoms with E-state index in [0.29, 0.717) is 0 Å². The van der Waals surface area contributed by atoms with Crippen LogP contribution in [0.5, 0.6) is 5.75 Å². The number of hydrogen-bond donors (Lipinski definition) is 1. The van der Waals surface area contributed by atoms with Gasteiger partial charge in [-0.05, 0) is 12.1 Å². The Labute approximate surface area is 98.3 Å². The first-order chi connectivity index (χ1) is 7.33. The predicted molar refractivity (Wildman–Crippen MR) is 66.8 cm³/mol. The van der Waals surface area contributed by atoms with Crippen LogP contribution in [-0.2, 0) is 5.75 Å². The molecule has 0 fully saturated rings. The van der Waals surface area contributed by atoms with E-state index < -0.39 is 0 Å². The van der Waals surface area contributed by atoms with Crippen molar-refractivity contribution in [3.8, 4) is 16.3 Å². The quantitative estimate of drug-likeness (QED) is 0.828. The van der Waals surface area contributed by atoms with Gasteiger partial charge in [0.1, 0.15) is 10.8 Å². The average Bonchev–Trinajstić information content (AvgIpc) is 2.78. The lowest BCUT2D eigenvalue weighted by Crippen LogP contribution is -1.82. The Morgan fingerprint density at radius 3 is 3.00 bits per heavy atom. The molecular weight excluding hydrogens is 226 g/mol. The van der Waals surface area contributed by atoms with Gasteiger partial charge in [-0.25, -0.2) is 4.98 Å². The second-order valence-electron chi connectivity index (χ2n) is 3.02. The molecule has 0 aliphatic carbocycles. The van der Waals surface area contributed by atoms with Gasteiger partial charge in [0.05, 0.1) is 7.11 Å². The summed E-state index contributed by atoms with van der Waals surface area (Å²) in [5, 5.41) is 1.01. The highest BCUT2D eigenvalue weighted by molar-refractivity contribution is 7.79. The third kappa shape index (κ3) is 2.33. The molecule has 78 valence electrons. The Balaban J connectivity index is 2.35. The smallest absolute Gasteiger partial charge is 0.123 e. The molecule has 1 aromatic heterocycles. The predicted octanol–water partition coefficient (Wildman–Crippen LogP) is 3.25. The average molecular weight is 237 g/mol. The molecule has 2 aromatic rings. The molecule has 0 spiro atoms. The van der Waals surface area contributed by atoms with Crippen LogP contribution in [0, 0.1) is 0 Å². The normalized spacial score (nSPS) is 10.3. The number of hydrogen-bond acceptors (Lipinski definition) is 4. The molecule has 0 radical (unpaired) electrons. The molecule has 4 heteroatoms. The van der Waals surface area contributed by atoms with Crippen LogP contribution in [0.3, 0.4) is 0 Å². The molecule has 0 aliphatic rings. The maximum absolute atomic E-state index is 5.17. The largest absolute Gasteiger partial charge is 0.497 e. The molecule has 0 amide bonds. The van der Waals surface area contributed by atoms with E-state index in [2.05, 4.69) is 17.6 Å². The van der Waals surface area contributed by atoms with Crippen LogP contribution in [0.25, 0.3) is 10.6 Å². The molecule has 0 N–H and O–H groups in total. The van der Waals surface area contributed by atoms with E-state index in [4.69, 9.17) is 4.74 Å². The van der Waals surface area contributed by atoms with Crippen LogP contribution in [0.2, 0.25) is 0 Å². The minimum Gasteiger partial charge on any atom is -0.497 e. The van der Waals surface area contributed by atoms with E-state index in [1.54, 1.807) is 18.4 Å². The molecule has 0 aliphatic heterocycles. The Kier molecular flexibility index (Phi) is 3.28. The van der Waals surface area contributed by atoms with Crippen molar-refractivity contribution in [2.75, 3.05) is 7.11 Å². The van der Waals surface area contributed by atoms with Crippen molar-refractivity contribution in [2.24, 2.45) is 0 Å². The second-order valence-corrected chi connectivity index (χ2v) is 4.45. The lowest BCUT2D eigenvalue weighted by Gasteiger charge is -2.00. The summed E-state index contributed by atoms with van der Waals surface area (Å²) in [5.41, 5.74) is 1.09. The lowest BCUT2D eigenvalue weighted by atomic mass is 10.2. The minimum atomic E-state index is 0.738. The Hall–Kier alpha value is -1.000. The lowest BCUT2D eigenvalue weighted by molar-refractivity contribution is 0.415. The third-order valence-corrected chi connectivity index (χ3v) is 3.63. The van der Waals surface area contributed by atoms with Crippen LogP contribution in [0.4, 0.5) is 0 Å². The zero-order chi connectivity index (χ0) is 10.7.